The Bertz CT molecular complexity index is 507. The van der Waals surface area contributed by atoms with Crippen molar-refractivity contribution in [2.75, 3.05) is 13.7 Å². The molecule has 0 aliphatic heterocycles. The van der Waals surface area contributed by atoms with Crippen LogP contribution in [-0.4, -0.2) is 36.4 Å². The number of carbonyl (C=O) groups excluding carboxylic acids is 2. The SMILES string of the molecule is CCOc1ccccc1C(=O)ON(C)C(=O)OC(C)(C)C. The van der Waals surface area contributed by atoms with Crippen LogP contribution in [0, 0.1) is 0 Å². The number of hydroxylamine groups is 2. The Morgan fingerprint density at radius 1 is 1.19 bits per heavy atom. The van der Waals surface area contributed by atoms with Crippen LogP contribution in [-0.2, 0) is 9.57 Å². The predicted molar refractivity (Wildman–Crippen MR) is 77.0 cm³/mol. The molecule has 1 aromatic rings. The zero-order chi connectivity index (χ0) is 16.0. The maximum atomic E-state index is 12.1. The van der Waals surface area contributed by atoms with Gasteiger partial charge in [-0.3, -0.25) is 0 Å². The summed E-state index contributed by atoms with van der Waals surface area (Å²) in [5.41, 5.74) is -0.421. The van der Waals surface area contributed by atoms with E-state index in [9.17, 15) is 9.59 Å². The molecule has 116 valence electrons. The van der Waals surface area contributed by atoms with Crippen molar-refractivity contribution in [1.82, 2.24) is 5.06 Å². The zero-order valence-corrected chi connectivity index (χ0v) is 13.0. The molecule has 1 aromatic carbocycles. The second-order valence-electron chi connectivity index (χ2n) is 5.29. The second-order valence-corrected chi connectivity index (χ2v) is 5.29. The highest BCUT2D eigenvalue weighted by atomic mass is 16.8. The standard InChI is InChI=1S/C15H21NO5/c1-6-19-12-10-8-7-9-11(12)13(17)21-16(5)14(18)20-15(2,3)4/h7-10H,6H2,1-5H3. The summed E-state index contributed by atoms with van der Waals surface area (Å²) in [5, 5.41) is 0.760. The van der Waals surface area contributed by atoms with Crippen LogP contribution in [0.25, 0.3) is 0 Å². The Labute approximate surface area is 124 Å². The van der Waals surface area contributed by atoms with Crippen molar-refractivity contribution in [2.24, 2.45) is 0 Å². The van der Waals surface area contributed by atoms with Crippen LogP contribution in [0.3, 0.4) is 0 Å². The maximum absolute atomic E-state index is 12.1. The molecule has 21 heavy (non-hydrogen) atoms. The largest absolute Gasteiger partial charge is 0.493 e. The molecular weight excluding hydrogens is 274 g/mol. The van der Waals surface area contributed by atoms with Gasteiger partial charge in [-0.1, -0.05) is 12.1 Å². The molecule has 1 rings (SSSR count). The van der Waals surface area contributed by atoms with E-state index in [0.717, 1.165) is 5.06 Å². The molecule has 0 aliphatic carbocycles. The fraction of sp³-hybridized carbons (Fsp3) is 0.467. The Balaban J connectivity index is 2.75. The van der Waals surface area contributed by atoms with Gasteiger partial charge in [-0.05, 0) is 39.8 Å². The van der Waals surface area contributed by atoms with Gasteiger partial charge >= 0.3 is 12.1 Å². The molecule has 0 spiro atoms. The van der Waals surface area contributed by atoms with Gasteiger partial charge in [-0.25, -0.2) is 9.59 Å². The van der Waals surface area contributed by atoms with E-state index in [1.807, 2.05) is 6.92 Å². The lowest BCUT2D eigenvalue weighted by Crippen LogP contribution is -2.35. The fourth-order valence-corrected chi connectivity index (χ4v) is 1.45. The average Bonchev–Trinajstić information content (AvgIpc) is 2.37. The van der Waals surface area contributed by atoms with Gasteiger partial charge in [0.05, 0.1) is 13.7 Å². The number of hydrogen-bond acceptors (Lipinski definition) is 5. The smallest absolute Gasteiger partial charge is 0.443 e. The summed E-state index contributed by atoms with van der Waals surface area (Å²) in [6.45, 7) is 7.42. The van der Waals surface area contributed by atoms with Crippen molar-refractivity contribution in [1.29, 1.82) is 0 Å². The first-order chi connectivity index (χ1) is 9.74. The maximum Gasteiger partial charge on any atom is 0.443 e. The van der Waals surface area contributed by atoms with Crippen molar-refractivity contribution in [3.05, 3.63) is 29.8 Å². The fourth-order valence-electron chi connectivity index (χ4n) is 1.45. The van der Waals surface area contributed by atoms with Gasteiger partial charge in [0.25, 0.3) is 0 Å². The van der Waals surface area contributed by atoms with Gasteiger partial charge in [0.15, 0.2) is 0 Å². The highest BCUT2D eigenvalue weighted by Gasteiger charge is 2.24. The number of benzene rings is 1. The van der Waals surface area contributed by atoms with Crippen LogP contribution in [0.2, 0.25) is 0 Å². The second kappa shape index (κ2) is 6.97. The van der Waals surface area contributed by atoms with Gasteiger partial charge in [-0.15, -0.1) is 5.06 Å². The Morgan fingerprint density at radius 3 is 2.38 bits per heavy atom. The average molecular weight is 295 g/mol. The van der Waals surface area contributed by atoms with Crippen LogP contribution < -0.4 is 4.74 Å². The van der Waals surface area contributed by atoms with Gasteiger partial charge in [-0.2, -0.15) is 0 Å². The van der Waals surface area contributed by atoms with Crippen molar-refractivity contribution < 1.29 is 23.9 Å². The Hall–Kier alpha value is -2.24. The zero-order valence-electron chi connectivity index (χ0n) is 13.0. The molecule has 0 bridgehead atoms. The third-order valence-corrected chi connectivity index (χ3v) is 2.28. The van der Waals surface area contributed by atoms with Gasteiger partial charge in [0, 0.05) is 0 Å². The van der Waals surface area contributed by atoms with E-state index >= 15 is 0 Å². The summed E-state index contributed by atoms with van der Waals surface area (Å²) in [6, 6.07) is 6.66. The van der Waals surface area contributed by atoms with Crippen LogP contribution in [0.15, 0.2) is 24.3 Å². The molecule has 1 amide bonds. The highest BCUT2D eigenvalue weighted by Crippen LogP contribution is 2.19. The van der Waals surface area contributed by atoms with Gasteiger partial charge in [0.1, 0.15) is 16.9 Å². The van der Waals surface area contributed by atoms with E-state index in [1.165, 1.54) is 7.05 Å². The minimum Gasteiger partial charge on any atom is -0.493 e. The number of hydrogen-bond donors (Lipinski definition) is 0. The lowest BCUT2D eigenvalue weighted by atomic mass is 10.2. The van der Waals surface area contributed by atoms with Gasteiger partial charge in [0.2, 0.25) is 0 Å². The van der Waals surface area contributed by atoms with Crippen molar-refractivity contribution >= 4 is 12.1 Å². The number of carbonyl (C=O) groups is 2. The van der Waals surface area contributed by atoms with E-state index in [1.54, 1.807) is 45.0 Å². The summed E-state index contributed by atoms with van der Waals surface area (Å²) in [6.07, 6.45) is -0.746. The van der Waals surface area contributed by atoms with Crippen molar-refractivity contribution in [3.63, 3.8) is 0 Å². The first-order valence-electron chi connectivity index (χ1n) is 6.65. The first-order valence-corrected chi connectivity index (χ1v) is 6.65. The summed E-state index contributed by atoms with van der Waals surface area (Å²) in [7, 11) is 1.31. The first kappa shape index (κ1) is 16.8. The Kier molecular flexibility index (Phi) is 5.58. The highest BCUT2D eigenvalue weighted by molar-refractivity contribution is 5.92. The van der Waals surface area contributed by atoms with E-state index < -0.39 is 17.7 Å². The van der Waals surface area contributed by atoms with Crippen LogP contribution in [0.5, 0.6) is 5.75 Å². The molecule has 0 N–H and O–H groups in total. The van der Waals surface area contributed by atoms with E-state index in [2.05, 4.69) is 0 Å². The van der Waals surface area contributed by atoms with Crippen LogP contribution in [0.1, 0.15) is 38.1 Å². The molecule has 0 atom stereocenters. The molecule has 0 heterocycles. The van der Waals surface area contributed by atoms with Crippen molar-refractivity contribution in [2.45, 2.75) is 33.3 Å². The topological polar surface area (TPSA) is 65.1 Å². The molecule has 0 radical (unpaired) electrons. The monoisotopic (exact) mass is 295 g/mol. The summed E-state index contributed by atoms with van der Waals surface area (Å²) >= 11 is 0. The molecule has 0 saturated heterocycles. The molecule has 0 saturated carbocycles. The molecule has 6 nitrogen and oxygen atoms in total. The van der Waals surface area contributed by atoms with E-state index in [-0.39, 0.29) is 5.56 Å². The number of ether oxygens (including phenoxy) is 2. The number of amides is 1. The summed E-state index contributed by atoms with van der Waals surface area (Å²) in [5.74, 6) is -0.282. The molecule has 0 aromatic heterocycles. The lowest BCUT2D eigenvalue weighted by Gasteiger charge is -2.23. The van der Waals surface area contributed by atoms with Crippen LogP contribution >= 0.6 is 0 Å². The summed E-state index contributed by atoms with van der Waals surface area (Å²) < 4.78 is 10.4. The third-order valence-electron chi connectivity index (χ3n) is 2.28. The Morgan fingerprint density at radius 2 is 1.81 bits per heavy atom. The summed E-state index contributed by atoms with van der Waals surface area (Å²) in [4.78, 5) is 28.8. The molecule has 0 fully saturated rings. The third kappa shape index (κ3) is 5.33. The van der Waals surface area contributed by atoms with E-state index in [0.29, 0.717) is 12.4 Å². The lowest BCUT2D eigenvalue weighted by molar-refractivity contribution is -0.0933. The molecule has 0 aliphatic rings. The minimum atomic E-state index is -0.746. The molecular formula is C15H21NO5. The molecule has 6 heteroatoms. The minimum absolute atomic E-state index is 0.245. The van der Waals surface area contributed by atoms with Crippen molar-refractivity contribution in [3.8, 4) is 5.75 Å². The number of nitrogens with zero attached hydrogens (tertiary/aromatic N) is 1. The number of rotatable bonds is 3. The normalized spacial score (nSPS) is 10.7. The quantitative estimate of drug-likeness (QED) is 0.802. The van der Waals surface area contributed by atoms with Gasteiger partial charge < -0.3 is 14.3 Å². The number of para-hydroxylation sites is 1. The molecule has 0 unspecified atom stereocenters. The van der Waals surface area contributed by atoms with E-state index in [4.69, 9.17) is 14.3 Å². The van der Waals surface area contributed by atoms with Crippen LogP contribution in [0.4, 0.5) is 4.79 Å². The predicted octanol–water partition coefficient (Wildman–Crippen LogP) is 3.02.